The van der Waals surface area contributed by atoms with Crippen LogP contribution in [0.1, 0.15) is 12.0 Å². The monoisotopic (exact) mass is 171 g/mol. The third kappa shape index (κ3) is 1.87. The van der Waals surface area contributed by atoms with Crippen LogP contribution in [-0.4, -0.2) is 6.04 Å². The molecule has 0 heterocycles. The van der Waals surface area contributed by atoms with Crippen LogP contribution >= 0.6 is 0 Å². The third-order valence-corrected chi connectivity index (χ3v) is 2.21. The largest absolute Gasteiger partial charge is 0.324 e. The maximum atomic E-state index is 5.83. The first-order valence-corrected chi connectivity index (χ1v) is 4.55. The first kappa shape index (κ1) is 8.27. The Balaban J connectivity index is 2.32. The minimum atomic E-state index is 0.181. The van der Waals surface area contributed by atoms with Gasteiger partial charge in [-0.05, 0) is 17.6 Å². The second-order valence-electron chi connectivity index (χ2n) is 3.29. The summed E-state index contributed by atoms with van der Waals surface area (Å²) in [6.45, 7) is 0. The Bertz CT molecular complexity index is 335. The Labute approximate surface area is 78.6 Å². The Morgan fingerprint density at radius 2 is 1.92 bits per heavy atom. The smallest absolute Gasteiger partial charge is 0.0267 e. The van der Waals surface area contributed by atoms with Gasteiger partial charge in [0.1, 0.15) is 0 Å². The molecule has 13 heavy (non-hydrogen) atoms. The van der Waals surface area contributed by atoms with Crippen molar-refractivity contribution in [2.24, 2.45) is 5.73 Å². The molecule has 1 heteroatoms. The maximum absolute atomic E-state index is 5.83. The third-order valence-electron chi connectivity index (χ3n) is 2.21. The van der Waals surface area contributed by atoms with Gasteiger partial charge >= 0.3 is 0 Å². The molecule has 0 radical (unpaired) electrons. The molecule has 1 unspecified atom stereocenters. The predicted molar refractivity (Wildman–Crippen MR) is 56.2 cm³/mol. The average Bonchev–Trinajstić information content (AvgIpc) is 2.19. The van der Waals surface area contributed by atoms with E-state index in [2.05, 4.69) is 30.4 Å². The van der Waals surface area contributed by atoms with Crippen molar-refractivity contribution < 1.29 is 0 Å². The Hall–Kier alpha value is -1.34. The molecule has 1 aromatic rings. The number of allylic oxidation sites excluding steroid dienone is 2. The molecule has 66 valence electrons. The van der Waals surface area contributed by atoms with E-state index in [-0.39, 0.29) is 6.04 Å². The van der Waals surface area contributed by atoms with Gasteiger partial charge in [-0.2, -0.15) is 0 Å². The van der Waals surface area contributed by atoms with Crippen molar-refractivity contribution in [3.63, 3.8) is 0 Å². The van der Waals surface area contributed by atoms with Gasteiger partial charge in [-0.15, -0.1) is 0 Å². The lowest BCUT2D eigenvalue weighted by atomic mass is 9.97. The van der Waals surface area contributed by atoms with Gasteiger partial charge in [0.2, 0.25) is 0 Å². The second kappa shape index (κ2) is 3.58. The highest BCUT2D eigenvalue weighted by Crippen LogP contribution is 2.20. The fraction of sp³-hybridized carbons (Fsp3) is 0.167. The lowest BCUT2D eigenvalue weighted by molar-refractivity contribution is 0.829. The fourth-order valence-corrected chi connectivity index (χ4v) is 1.53. The van der Waals surface area contributed by atoms with E-state index < -0.39 is 0 Å². The van der Waals surface area contributed by atoms with Crippen molar-refractivity contribution in [1.29, 1.82) is 0 Å². The van der Waals surface area contributed by atoms with Crippen LogP contribution in [0.5, 0.6) is 0 Å². The van der Waals surface area contributed by atoms with Crippen LogP contribution in [0.25, 0.3) is 5.57 Å². The zero-order valence-electron chi connectivity index (χ0n) is 7.48. The van der Waals surface area contributed by atoms with E-state index in [4.69, 9.17) is 5.73 Å². The summed E-state index contributed by atoms with van der Waals surface area (Å²) in [4.78, 5) is 0. The van der Waals surface area contributed by atoms with Gasteiger partial charge in [0.05, 0.1) is 0 Å². The molecule has 1 nitrogen and oxygen atoms in total. The minimum absolute atomic E-state index is 0.181. The summed E-state index contributed by atoms with van der Waals surface area (Å²) >= 11 is 0. The van der Waals surface area contributed by atoms with Crippen molar-refractivity contribution in [3.05, 3.63) is 54.1 Å². The molecule has 0 saturated carbocycles. The van der Waals surface area contributed by atoms with Crippen LogP contribution in [0.15, 0.2) is 48.6 Å². The topological polar surface area (TPSA) is 26.0 Å². The average molecular weight is 171 g/mol. The standard InChI is InChI=1S/C12H13N/c13-12-8-4-7-11(9-12)10-5-2-1-3-6-10/h1-7,9,12H,8,13H2. The molecule has 2 N–H and O–H groups in total. The van der Waals surface area contributed by atoms with Crippen molar-refractivity contribution >= 4 is 5.57 Å². The molecule has 1 aliphatic rings. The van der Waals surface area contributed by atoms with E-state index in [0.29, 0.717) is 0 Å². The number of rotatable bonds is 1. The summed E-state index contributed by atoms with van der Waals surface area (Å²) in [5.41, 5.74) is 8.31. The molecule has 0 aliphatic heterocycles. The zero-order chi connectivity index (χ0) is 9.10. The molecule has 1 aliphatic carbocycles. The summed E-state index contributed by atoms with van der Waals surface area (Å²) in [7, 11) is 0. The Morgan fingerprint density at radius 1 is 1.15 bits per heavy atom. The summed E-state index contributed by atoms with van der Waals surface area (Å²) < 4.78 is 0. The number of benzene rings is 1. The second-order valence-corrected chi connectivity index (χ2v) is 3.29. The van der Waals surface area contributed by atoms with Gasteiger partial charge < -0.3 is 5.73 Å². The molecule has 0 spiro atoms. The maximum Gasteiger partial charge on any atom is 0.0267 e. The van der Waals surface area contributed by atoms with Gasteiger partial charge in [-0.1, -0.05) is 48.6 Å². The van der Waals surface area contributed by atoms with Crippen LogP contribution in [0.3, 0.4) is 0 Å². The van der Waals surface area contributed by atoms with E-state index >= 15 is 0 Å². The van der Waals surface area contributed by atoms with E-state index in [1.54, 1.807) is 0 Å². The first-order chi connectivity index (χ1) is 6.36. The van der Waals surface area contributed by atoms with Gasteiger partial charge in [0.25, 0.3) is 0 Å². The predicted octanol–water partition coefficient (Wildman–Crippen LogP) is 2.36. The highest BCUT2D eigenvalue weighted by atomic mass is 14.6. The highest BCUT2D eigenvalue weighted by molar-refractivity contribution is 5.75. The van der Waals surface area contributed by atoms with E-state index in [9.17, 15) is 0 Å². The molecule has 0 aromatic heterocycles. The van der Waals surface area contributed by atoms with Crippen molar-refractivity contribution in [3.8, 4) is 0 Å². The van der Waals surface area contributed by atoms with Gasteiger partial charge in [-0.3, -0.25) is 0 Å². The molecule has 0 fully saturated rings. The molecule has 0 amide bonds. The summed E-state index contributed by atoms with van der Waals surface area (Å²) in [5.74, 6) is 0. The van der Waals surface area contributed by atoms with E-state index in [0.717, 1.165) is 6.42 Å². The molecule has 1 aromatic carbocycles. The highest BCUT2D eigenvalue weighted by Gasteiger charge is 2.04. The lowest BCUT2D eigenvalue weighted by Gasteiger charge is -2.12. The quantitative estimate of drug-likeness (QED) is 0.689. The Morgan fingerprint density at radius 3 is 2.62 bits per heavy atom. The van der Waals surface area contributed by atoms with Gasteiger partial charge in [-0.25, -0.2) is 0 Å². The summed E-state index contributed by atoms with van der Waals surface area (Å²) in [6, 6.07) is 10.5. The molecular formula is C12H13N. The molecule has 0 saturated heterocycles. The van der Waals surface area contributed by atoms with Crippen molar-refractivity contribution in [2.45, 2.75) is 12.5 Å². The van der Waals surface area contributed by atoms with E-state index in [1.807, 2.05) is 18.2 Å². The number of nitrogens with two attached hydrogens (primary N) is 1. The molecule has 2 rings (SSSR count). The normalized spacial score (nSPS) is 21.3. The van der Waals surface area contributed by atoms with Crippen molar-refractivity contribution in [2.75, 3.05) is 0 Å². The lowest BCUT2D eigenvalue weighted by Crippen LogP contribution is -2.17. The summed E-state index contributed by atoms with van der Waals surface area (Å²) in [6.07, 6.45) is 7.34. The van der Waals surface area contributed by atoms with Crippen molar-refractivity contribution in [1.82, 2.24) is 0 Å². The van der Waals surface area contributed by atoms with Crippen LogP contribution in [0.2, 0.25) is 0 Å². The van der Waals surface area contributed by atoms with Crippen LogP contribution in [0.4, 0.5) is 0 Å². The van der Waals surface area contributed by atoms with Gasteiger partial charge in [0.15, 0.2) is 0 Å². The number of hydrogen-bond donors (Lipinski definition) is 1. The summed E-state index contributed by atoms with van der Waals surface area (Å²) in [5, 5.41) is 0. The van der Waals surface area contributed by atoms with Crippen LogP contribution in [0, 0.1) is 0 Å². The molecule has 0 bridgehead atoms. The molecular weight excluding hydrogens is 158 g/mol. The minimum Gasteiger partial charge on any atom is -0.324 e. The Kier molecular flexibility index (Phi) is 2.28. The fourth-order valence-electron chi connectivity index (χ4n) is 1.53. The zero-order valence-corrected chi connectivity index (χ0v) is 7.48. The van der Waals surface area contributed by atoms with Crippen LogP contribution in [-0.2, 0) is 0 Å². The SMILES string of the molecule is NC1C=C(c2ccccc2)C=CC1. The molecule has 1 atom stereocenters. The van der Waals surface area contributed by atoms with Gasteiger partial charge in [0, 0.05) is 6.04 Å². The van der Waals surface area contributed by atoms with Crippen LogP contribution < -0.4 is 5.73 Å². The van der Waals surface area contributed by atoms with E-state index in [1.165, 1.54) is 11.1 Å². The first-order valence-electron chi connectivity index (χ1n) is 4.55. The number of hydrogen-bond acceptors (Lipinski definition) is 1.